The molecule has 0 saturated heterocycles. The van der Waals surface area contributed by atoms with Crippen molar-refractivity contribution in [3.63, 3.8) is 0 Å². The number of aromatic nitrogens is 3. The lowest BCUT2D eigenvalue weighted by molar-refractivity contribution is 0.0462. The van der Waals surface area contributed by atoms with E-state index in [0.29, 0.717) is 12.0 Å². The molecule has 3 N–H and O–H groups in total. The van der Waals surface area contributed by atoms with Crippen molar-refractivity contribution < 1.29 is 9.53 Å². The van der Waals surface area contributed by atoms with Crippen LogP contribution in [-0.2, 0) is 17.8 Å². The Balaban J connectivity index is 1.62. The number of nitrogens with zero attached hydrogens (tertiary/aromatic N) is 2. The lowest BCUT2D eigenvalue weighted by Crippen LogP contribution is -2.18. The molecule has 4 rings (SSSR count). The zero-order valence-electron chi connectivity index (χ0n) is 19.3. The van der Waals surface area contributed by atoms with Gasteiger partial charge in [0.05, 0.1) is 24.1 Å². The first-order chi connectivity index (χ1) is 15.8. The van der Waals surface area contributed by atoms with Crippen LogP contribution in [0.5, 0.6) is 0 Å². The minimum Gasteiger partial charge on any atom is -0.366 e. The van der Waals surface area contributed by atoms with E-state index < -0.39 is 5.91 Å². The number of carbonyl (C=O) groups excluding carboxylic acids is 1. The van der Waals surface area contributed by atoms with Crippen LogP contribution < -0.4 is 11.3 Å². The van der Waals surface area contributed by atoms with Crippen LogP contribution in [0.15, 0.2) is 53.6 Å². The van der Waals surface area contributed by atoms with Crippen LogP contribution in [-0.4, -0.2) is 20.3 Å². The molecule has 0 spiro atoms. The lowest BCUT2D eigenvalue weighted by atomic mass is 10.0. The summed E-state index contributed by atoms with van der Waals surface area (Å²) < 4.78 is 8.26. The Morgan fingerprint density at radius 1 is 1.21 bits per heavy atom. The highest BCUT2D eigenvalue weighted by molar-refractivity contribution is 5.95. The third-order valence-electron chi connectivity index (χ3n) is 6.09. The van der Waals surface area contributed by atoms with Crippen LogP contribution in [0.2, 0.25) is 0 Å². The van der Waals surface area contributed by atoms with Gasteiger partial charge in [0.15, 0.2) is 0 Å². The number of aryl methyl sites for hydroxylation is 2. The summed E-state index contributed by atoms with van der Waals surface area (Å²) in [5.41, 5.74) is 12.8. The van der Waals surface area contributed by atoms with E-state index in [9.17, 15) is 9.59 Å². The molecule has 1 unspecified atom stereocenters. The number of nitrogens with one attached hydrogen (secondary N) is 1. The summed E-state index contributed by atoms with van der Waals surface area (Å²) in [5.74, 6) is -0.463. The zero-order chi connectivity index (χ0) is 23.7. The summed E-state index contributed by atoms with van der Waals surface area (Å²) in [6, 6.07) is 11.5. The standard InChI is InChI=1S/C26H28N4O3/c1-15-11-16(2)29-26(32)21(15)12-19-7-5-9-28-23(19)14-33-18(4)24-17(3)22(25(27)31)13-20-8-6-10-30(20)24/h5-11,13,18H,12,14H2,1-4H3,(H2,27,31)(H,29,32). The fourth-order valence-corrected chi connectivity index (χ4v) is 4.40. The number of fused-ring (bicyclic) bond motifs is 1. The number of rotatable bonds is 7. The number of pyridine rings is 3. The normalized spacial score (nSPS) is 12.2. The fourth-order valence-electron chi connectivity index (χ4n) is 4.40. The Hall–Kier alpha value is -3.71. The third kappa shape index (κ3) is 4.45. The lowest BCUT2D eigenvalue weighted by Gasteiger charge is -2.20. The number of carbonyl (C=O) groups is 1. The van der Waals surface area contributed by atoms with Crippen molar-refractivity contribution in [2.75, 3.05) is 0 Å². The molecule has 0 fully saturated rings. The van der Waals surface area contributed by atoms with E-state index in [1.807, 2.05) is 68.6 Å². The number of nitrogens with two attached hydrogens (primary N) is 1. The van der Waals surface area contributed by atoms with Gasteiger partial charge in [-0.15, -0.1) is 0 Å². The number of amides is 1. The summed E-state index contributed by atoms with van der Waals surface area (Å²) in [7, 11) is 0. The molecular formula is C26H28N4O3. The average molecular weight is 445 g/mol. The van der Waals surface area contributed by atoms with Gasteiger partial charge in [0.2, 0.25) is 5.91 Å². The van der Waals surface area contributed by atoms with Crippen LogP contribution in [0, 0.1) is 20.8 Å². The topological polar surface area (TPSA) is 102 Å². The molecule has 0 saturated carbocycles. The minimum absolute atomic E-state index is 0.0783. The molecule has 1 atom stereocenters. The van der Waals surface area contributed by atoms with Gasteiger partial charge < -0.3 is 19.9 Å². The van der Waals surface area contributed by atoms with Crippen molar-refractivity contribution >= 4 is 11.4 Å². The van der Waals surface area contributed by atoms with Crippen molar-refractivity contribution in [1.82, 2.24) is 14.4 Å². The van der Waals surface area contributed by atoms with Gasteiger partial charge in [-0.3, -0.25) is 14.6 Å². The largest absolute Gasteiger partial charge is 0.366 e. The molecule has 0 aliphatic rings. The van der Waals surface area contributed by atoms with Crippen LogP contribution in [0.3, 0.4) is 0 Å². The summed E-state index contributed by atoms with van der Waals surface area (Å²) in [6.45, 7) is 7.92. The first-order valence-electron chi connectivity index (χ1n) is 10.9. The van der Waals surface area contributed by atoms with Crippen LogP contribution in [0.1, 0.15) is 62.7 Å². The van der Waals surface area contributed by atoms with Crippen molar-refractivity contribution in [1.29, 1.82) is 0 Å². The number of H-pyrrole nitrogens is 1. The monoisotopic (exact) mass is 444 g/mol. The first kappa shape index (κ1) is 22.5. The van der Waals surface area contributed by atoms with Gasteiger partial charge in [0.1, 0.15) is 0 Å². The van der Waals surface area contributed by atoms with E-state index in [-0.39, 0.29) is 18.3 Å². The highest BCUT2D eigenvalue weighted by atomic mass is 16.5. The van der Waals surface area contributed by atoms with Gasteiger partial charge in [-0.05, 0) is 74.7 Å². The van der Waals surface area contributed by atoms with Crippen LogP contribution >= 0.6 is 0 Å². The van der Waals surface area contributed by atoms with Crippen LogP contribution in [0.25, 0.3) is 5.52 Å². The maximum absolute atomic E-state index is 12.5. The van der Waals surface area contributed by atoms with E-state index in [4.69, 9.17) is 10.5 Å². The molecule has 4 aromatic heterocycles. The molecule has 0 aliphatic heterocycles. The second-order valence-electron chi connectivity index (χ2n) is 8.42. The highest BCUT2D eigenvalue weighted by Crippen LogP contribution is 2.27. The number of hydrogen-bond donors (Lipinski definition) is 2. The summed E-state index contributed by atoms with van der Waals surface area (Å²) in [4.78, 5) is 31.9. The first-order valence-corrected chi connectivity index (χ1v) is 10.9. The van der Waals surface area contributed by atoms with Gasteiger partial charge in [-0.1, -0.05) is 6.07 Å². The van der Waals surface area contributed by atoms with Crippen LogP contribution in [0.4, 0.5) is 0 Å². The number of aromatic amines is 1. The Morgan fingerprint density at radius 3 is 2.73 bits per heavy atom. The number of ether oxygens (including phenoxy) is 1. The van der Waals surface area contributed by atoms with Gasteiger partial charge in [-0.25, -0.2) is 0 Å². The SMILES string of the molecule is Cc1cc(C)c(Cc2cccnc2COC(C)c2c(C)c(C(N)=O)cc3cccn23)c(=O)[nH]1. The van der Waals surface area contributed by atoms with E-state index in [2.05, 4.69) is 9.97 Å². The van der Waals surface area contributed by atoms with Crippen molar-refractivity contribution in [3.8, 4) is 0 Å². The van der Waals surface area contributed by atoms with E-state index >= 15 is 0 Å². The van der Waals surface area contributed by atoms with E-state index in [1.54, 1.807) is 12.3 Å². The average Bonchev–Trinajstić information content (AvgIpc) is 3.22. The predicted molar refractivity (Wildman–Crippen MR) is 127 cm³/mol. The molecule has 0 aliphatic carbocycles. The second kappa shape index (κ2) is 9.03. The quantitative estimate of drug-likeness (QED) is 0.451. The van der Waals surface area contributed by atoms with E-state index in [1.165, 1.54) is 0 Å². The van der Waals surface area contributed by atoms with Crippen molar-refractivity contribution in [2.45, 2.75) is 46.8 Å². The number of primary amides is 1. The highest BCUT2D eigenvalue weighted by Gasteiger charge is 2.20. The fraction of sp³-hybridized carbons (Fsp3) is 0.269. The molecular weight excluding hydrogens is 416 g/mol. The third-order valence-corrected chi connectivity index (χ3v) is 6.09. The molecule has 0 bridgehead atoms. The Kier molecular flexibility index (Phi) is 6.16. The molecule has 7 nitrogen and oxygen atoms in total. The van der Waals surface area contributed by atoms with Gasteiger partial charge >= 0.3 is 0 Å². The maximum atomic E-state index is 12.5. The predicted octanol–water partition coefficient (Wildman–Crippen LogP) is 3.92. The summed E-state index contributed by atoms with van der Waals surface area (Å²) in [6.07, 6.45) is 3.82. The number of hydrogen-bond acceptors (Lipinski definition) is 4. The maximum Gasteiger partial charge on any atom is 0.251 e. The Labute approximate surface area is 192 Å². The molecule has 0 aromatic carbocycles. The summed E-state index contributed by atoms with van der Waals surface area (Å²) in [5, 5.41) is 0. The second-order valence-corrected chi connectivity index (χ2v) is 8.42. The minimum atomic E-state index is -0.463. The Morgan fingerprint density at radius 2 is 2.00 bits per heavy atom. The molecule has 1 amide bonds. The zero-order valence-corrected chi connectivity index (χ0v) is 19.3. The van der Waals surface area contributed by atoms with Gasteiger partial charge in [0.25, 0.3) is 5.56 Å². The molecule has 170 valence electrons. The van der Waals surface area contributed by atoms with Gasteiger partial charge in [0, 0.05) is 41.2 Å². The van der Waals surface area contributed by atoms with Gasteiger partial charge in [-0.2, -0.15) is 0 Å². The Bertz CT molecular complexity index is 1400. The summed E-state index contributed by atoms with van der Waals surface area (Å²) >= 11 is 0. The molecule has 4 aromatic rings. The molecule has 7 heteroatoms. The van der Waals surface area contributed by atoms with Crippen molar-refractivity contribution in [3.05, 3.63) is 104 Å². The molecule has 0 radical (unpaired) electrons. The molecule has 33 heavy (non-hydrogen) atoms. The smallest absolute Gasteiger partial charge is 0.251 e. The van der Waals surface area contributed by atoms with E-state index in [0.717, 1.165) is 44.9 Å². The molecule has 4 heterocycles. The van der Waals surface area contributed by atoms with Crippen molar-refractivity contribution in [2.24, 2.45) is 5.73 Å².